The summed E-state index contributed by atoms with van der Waals surface area (Å²) in [5, 5.41) is 10.2. The number of aromatic hydroxyl groups is 1. The van der Waals surface area contributed by atoms with Crippen LogP contribution in [0.1, 0.15) is 57.2 Å². The van der Waals surface area contributed by atoms with E-state index in [1.807, 2.05) is 30.3 Å². The molecule has 0 radical (unpaired) electrons. The topological polar surface area (TPSA) is 64.1 Å². The summed E-state index contributed by atoms with van der Waals surface area (Å²) in [5.41, 5.74) is 2.04. The standard InChI is InChI=1S/C26H39N3O3S/c1-6-7-8-16-28-18-21(3)29(19-20(28)2)26(23-10-9-11-24(30)17-23)22-12-14-25(15-13-22)33(31,32)27(4)5/h9-15,17,20-21,26,30H,6-8,16,18-19H2,1-5H3/t20-,21-,26?/m1/s1. The van der Waals surface area contributed by atoms with Crippen LogP contribution in [0.3, 0.4) is 0 Å². The van der Waals surface area contributed by atoms with Crippen molar-refractivity contribution in [3.8, 4) is 5.75 Å². The molecule has 7 heteroatoms. The average molecular weight is 474 g/mol. The maximum atomic E-state index is 12.5. The van der Waals surface area contributed by atoms with Crippen molar-refractivity contribution < 1.29 is 13.5 Å². The first-order valence-electron chi connectivity index (χ1n) is 12.0. The number of rotatable bonds is 9. The highest BCUT2D eigenvalue weighted by Crippen LogP contribution is 2.35. The van der Waals surface area contributed by atoms with Crippen LogP contribution in [-0.4, -0.2) is 73.4 Å². The van der Waals surface area contributed by atoms with Crippen molar-refractivity contribution >= 4 is 10.0 Å². The maximum Gasteiger partial charge on any atom is 0.242 e. The van der Waals surface area contributed by atoms with E-state index in [0.29, 0.717) is 12.1 Å². The number of piperazine rings is 1. The van der Waals surface area contributed by atoms with Gasteiger partial charge in [-0.3, -0.25) is 9.80 Å². The van der Waals surface area contributed by atoms with E-state index < -0.39 is 10.0 Å². The minimum Gasteiger partial charge on any atom is -0.508 e. The van der Waals surface area contributed by atoms with Crippen LogP contribution in [0.15, 0.2) is 53.4 Å². The summed E-state index contributed by atoms with van der Waals surface area (Å²) in [4.78, 5) is 5.36. The molecule has 3 rings (SSSR count). The van der Waals surface area contributed by atoms with Gasteiger partial charge in [-0.25, -0.2) is 12.7 Å². The van der Waals surface area contributed by atoms with E-state index in [1.54, 1.807) is 32.3 Å². The molecule has 1 aliphatic rings. The van der Waals surface area contributed by atoms with Crippen LogP contribution in [0, 0.1) is 0 Å². The molecule has 1 unspecified atom stereocenters. The minimum atomic E-state index is -3.48. The van der Waals surface area contributed by atoms with Crippen LogP contribution in [0.5, 0.6) is 5.75 Å². The van der Waals surface area contributed by atoms with Crippen molar-refractivity contribution in [1.82, 2.24) is 14.1 Å². The predicted molar refractivity (Wildman–Crippen MR) is 134 cm³/mol. The second-order valence-corrected chi connectivity index (χ2v) is 11.6. The lowest BCUT2D eigenvalue weighted by molar-refractivity contribution is 0.0232. The Bertz CT molecular complexity index is 1010. The second-order valence-electron chi connectivity index (χ2n) is 9.45. The molecule has 2 aromatic rings. The largest absolute Gasteiger partial charge is 0.508 e. The van der Waals surface area contributed by atoms with Crippen molar-refractivity contribution in [3.05, 3.63) is 59.7 Å². The first-order chi connectivity index (χ1) is 15.6. The lowest BCUT2D eigenvalue weighted by Gasteiger charge is -2.47. The molecule has 2 aromatic carbocycles. The third-order valence-corrected chi connectivity index (χ3v) is 8.53. The van der Waals surface area contributed by atoms with Crippen molar-refractivity contribution in [1.29, 1.82) is 0 Å². The van der Waals surface area contributed by atoms with Gasteiger partial charge in [0.2, 0.25) is 10.0 Å². The van der Waals surface area contributed by atoms with Crippen LogP contribution in [0.2, 0.25) is 0 Å². The number of benzene rings is 2. The maximum absolute atomic E-state index is 12.5. The molecule has 1 heterocycles. The Labute approximate surface area is 199 Å². The van der Waals surface area contributed by atoms with Crippen LogP contribution >= 0.6 is 0 Å². The van der Waals surface area contributed by atoms with E-state index in [0.717, 1.165) is 30.8 Å². The first-order valence-corrected chi connectivity index (χ1v) is 13.4. The summed E-state index contributed by atoms with van der Waals surface area (Å²) in [6.45, 7) is 9.81. The molecule has 0 saturated carbocycles. The number of hydrogen-bond acceptors (Lipinski definition) is 5. The van der Waals surface area contributed by atoms with Crippen LogP contribution in [0.25, 0.3) is 0 Å². The Morgan fingerprint density at radius 1 is 1.00 bits per heavy atom. The fraction of sp³-hybridized carbons (Fsp3) is 0.538. The molecule has 1 saturated heterocycles. The van der Waals surface area contributed by atoms with E-state index in [-0.39, 0.29) is 16.7 Å². The third-order valence-electron chi connectivity index (χ3n) is 6.70. The fourth-order valence-corrected chi connectivity index (χ4v) is 5.67. The van der Waals surface area contributed by atoms with Crippen LogP contribution < -0.4 is 0 Å². The lowest BCUT2D eigenvalue weighted by Crippen LogP contribution is -2.57. The van der Waals surface area contributed by atoms with Gasteiger partial charge in [0.25, 0.3) is 0 Å². The van der Waals surface area contributed by atoms with Gasteiger partial charge in [0, 0.05) is 39.3 Å². The predicted octanol–water partition coefficient (Wildman–Crippen LogP) is 4.32. The summed E-state index contributed by atoms with van der Waals surface area (Å²) in [7, 11) is -0.393. The van der Waals surface area contributed by atoms with E-state index in [4.69, 9.17) is 0 Å². The molecular weight excluding hydrogens is 434 g/mol. The number of unbranched alkanes of at least 4 members (excludes halogenated alkanes) is 2. The van der Waals surface area contributed by atoms with Gasteiger partial charge < -0.3 is 5.11 Å². The minimum absolute atomic E-state index is 0.0662. The normalized spacial score (nSPS) is 21.4. The Balaban J connectivity index is 1.93. The Kier molecular flexibility index (Phi) is 8.56. The number of nitrogens with zero attached hydrogens (tertiary/aromatic N) is 3. The smallest absolute Gasteiger partial charge is 0.242 e. The van der Waals surface area contributed by atoms with Crippen molar-refractivity contribution in [3.63, 3.8) is 0 Å². The molecule has 6 nitrogen and oxygen atoms in total. The van der Waals surface area contributed by atoms with Crippen LogP contribution in [0.4, 0.5) is 0 Å². The highest BCUT2D eigenvalue weighted by atomic mass is 32.2. The monoisotopic (exact) mass is 473 g/mol. The number of hydrogen-bond donors (Lipinski definition) is 1. The molecule has 3 atom stereocenters. The zero-order chi connectivity index (χ0) is 24.2. The molecule has 0 aliphatic carbocycles. The van der Waals surface area contributed by atoms with Gasteiger partial charge in [-0.05, 0) is 62.2 Å². The molecule has 0 spiro atoms. The lowest BCUT2D eigenvalue weighted by atomic mass is 9.93. The van der Waals surface area contributed by atoms with Crippen molar-refractivity contribution in [2.75, 3.05) is 33.7 Å². The molecule has 0 amide bonds. The van der Waals surface area contributed by atoms with Gasteiger partial charge in [0.15, 0.2) is 0 Å². The van der Waals surface area contributed by atoms with Crippen molar-refractivity contribution in [2.45, 2.75) is 63.1 Å². The molecule has 1 aliphatic heterocycles. The Morgan fingerprint density at radius 3 is 2.30 bits per heavy atom. The quantitative estimate of drug-likeness (QED) is 0.550. The number of sulfonamides is 1. The number of phenols is 1. The Hall–Kier alpha value is -1.93. The molecule has 182 valence electrons. The van der Waals surface area contributed by atoms with E-state index in [1.165, 1.54) is 23.6 Å². The van der Waals surface area contributed by atoms with E-state index >= 15 is 0 Å². The number of phenolic OH excluding ortho intramolecular Hbond substituents is 1. The summed E-state index contributed by atoms with van der Waals surface area (Å²) >= 11 is 0. The summed E-state index contributed by atoms with van der Waals surface area (Å²) < 4.78 is 26.3. The SMILES string of the molecule is CCCCCN1C[C@@H](C)N(C(c2ccc(S(=O)(=O)N(C)C)cc2)c2cccc(O)c2)C[C@H]1C. The van der Waals surface area contributed by atoms with Gasteiger partial charge in [0.1, 0.15) is 5.75 Å². The Morgan fingerprint density at radius 2 is 1.70 bits per heavy atom. The zero-order valence-electron chi connectivity index (χ0n) is 20.6. The molecule has 33 heavy (non-hydrogen) atoms. The highest BCUT2D eigenvalue weighted by Gasteiger charge is 2.34. The molecule has 1 N–H and O–H groups in total. The summed E-state index contributed by atoms with van der Waals surface area (Å²) in [6, 6.07) is 15.3. The second kappa shape index (κ2) is 11.0. The summed E-state index contributed by atoms with van der Waals surface area (Å²) in [6.07, 6.45) is 3.71. The first kappa shape index (κ1) is 25.7. The third kappa shape index (κ3) is 5.96. The molecule has 0 aromatic heterocycles. The molecule has 1 fully saturated rings. The fourth-order valence-electron chi connectivity index (χ4n) is 4.76. The van der Waals surface area contributed by atoms with Gasteiger partial charge in [-0.1, -0.05) is 44.0 Å². The van der Waals surface area contributed by atoms with Gasteiger partial charge >= 0.3 is 0 Å². The molecular formula is C26H39N3O3S. The highest BCUT2D eigenvalue weighted by molar-refractivity contribution is 7.89. The van der Waals surface area contributed by atoms with E-state index in [9.17, 15) is 13.5 Å². The molecule has 0 bridgehead atoms. The van der Waals surface area contributed by atoms with Gasteiger partial charge in [-0.15, -0.1) is 0 Å². The van der Waals surface area contributed by atoms with Crippen molar-refractivity contribution in [2.24, 2.45) is 0 Å². The average Bonchev–Trinajstić information content (AvgIpc) is 2.77. The van der Waals surface area contributed by atoms with E-state index in [2.05, 4.69) is 30.6 Å². The van der Waals surface area contributed by atoms with Gasteiger partial charge in [-0.2, -0.15) is 0 Å². The van der Waals surface area contributed by atoms with Gasteiger partial charge in [0.05, 0.1) is 10.9 Å². The van der Waals surface area contributed by atoms with Crippen LogP contribution in [-0.2, 0) is 10.0 Å². The summed E-state index contributed by atoms with van der Waals surface area (Å²) in [5.74, 6) is 0.239. The zero-order valence-corrected chi connectivity index (χ0v) is 21.4.